The van der Waals surface area contributed by atoms with Gasteiger partial charge >= 0.3 is 0 Å². The van der Waals surface area contributed by atoms with E-state index in [1.54, 1.807) is 10.7 Å². The Morgan fingerprint density at radius 2 is 2.09 bits per heavy atom. The summed E-state index contributed by atoms with van der Waals surface area (Å²) in [4.78, 5) is 14.7. The van der Waals surface area contributed by atoms with E-state index < -0.39 is 0 Å². The van der Waals surface area contributed by atoms with E-state index in [2.05, 4.69) is 12.0 Å². The van der Waals surface area contributed by atoms with Crippen molar-refractivity contribution in [2.75, 3.05) is 13.2 Å². The molecule has 0 radical (unpaired) electrons. The maximum atomic E-state index is 12.8. The first-order valence-electron chi connectivity index (χ1n) is 8.30. The van der Waals surface area contributed by atoms with Gasteiger partial charge in [-0.3, -0.25) is 4.79 Å². The van der Waals surface area contributed by atoms with Gasteiger partial charge in [-0.15, -0.1) is 0 Å². The van der Waals surface area contributed by atoms with E-state index in [1.807, 2.05) is 42.2 Å². The van der Waals surface area contributed by atoms with Crippen molar-refractivity contribution >= 4 is 5.91 Å². The van der Waals surface area contributed by atoms with Crippen LogP contribution in [0, 0.1) is 0 Å². The van der Waals surface area contributed by atoms with Crippen molar-refractivity contribution in [1.29, 1.82) is 0 Å². The summed E-state index contributed by atoms with van der Waals surface area (Å²) in [6.07, 6.45) is 3.31. The lowest BCUT2D eigenvalue weighted by atomic mass is 10.0. The van der Waals surface area contributed by atoms with E-state index in [0.29, 0.717) is 18.2 Å². The van der Waals surface area contributed by atoms with Gasteiger partial charge in [0.1, 0.15) is 0 Å². The van der Waals surface area contributed by atoms with Gasteiger partial charge in [0.25, 0.3) is 5.91 Å². The average Bonchev–Trinajstić information content (AvgIpc) is 3.00. The van der Waals surface area contributed by atoms with Crippen LogP contribution in [0.5, 0.6) is 5.88 Å². The van der Waals surface area contributed by atoms with E-state index >= 15 is 0 Å². The summed E-state index contributed by atoms with van der Waals surface area (Å²) in [5.74, 6) is 0.597. The molecule has 1 fully saturated rings. The first-order valence-corrected chi connectivity index (χ1v) is 8.30. The Labute approximate surface area is 136 Å². The van der Waals surface area contributed by atoms with Gasteiger partial charge in [0.05, 0.1) is 12.3 Å². The lowest BCUT2D eigenvalue weighted by Gasteiger charge is -2.32. The van der Waals surface area contributed by atoms with Crippen molar-refractivity contribution in [3.8, 4) is 11.6 Å². The number of hydrogen-bond donors (Lipinski definition) is 0. The Kier molecular flexibility index (Phi) is 4.65. The number of nitrogens with zero attached hydrogens (tertiary/aromatic N) is 3. The van der Waals surface area contributed by atoms with E-state index in [4.69, 9.17) is 4.74 Å². The largest absolute Gasteiger partial charge is 0.478 e. The Hall–Kier alpha value is -2.30. The molecule has 5 nitrogen and oxygen atoms in total. The highest BCUT2D eigenvalue weighted by molar-refractivity contribution is 5.93. The molecule has 1 amide bonds. The van der Waals surface area contributed by atoms with Crippen molar-refractivity contribution in [2.24, 2.45) is 0 Å². The molecular formula is C18H23N3O2. The summed E-state index contributed by atoms with van der Waals surface area (Å²) in [5, 5.41) is 4.51. The smallest absolute Gasteiger partial charge is 0.274 e. The molecule has 0 aliphatic carbocycles. The monoisotopic (exact) mass is 313 g/mol. The topological polar surface area (TPSA) is 47.4 Å². The Bertz CT molecular complexity index is 666. The zero-order valence-corrected chi connectivity index (χ0v) is 13.7. The van der Waals surface area contributed by atoms with Gasteiger partial charge in [0.15, 0.2) is 5.69 Å². The fraction of sp³-hybridized carbons (Fsp3) is 0.444. The van der Waals surface area contributed by atoms with Crippen LogP contribution in [0.15, 0.2) is 36.4 Å². The minimum absolute atomic E-state index is 0.00664. The lowest BCUT2D eigenvalue weighted by molar-refractivity contribution is 0.0629. The number of aromatic nitrogens is 2. The highest BCUT2D eigenvalue weighted by atomic mass is 16.5. The van der Waals surface area contributed by atoms with E-state index in [1.165, 1.54) is 6.42 Å². The van der Waals surface area contributed by atoms with Crippen LogP contribution in [-0.2, 0) is 0 Å². The number of benzene rings is 1. The van der Waals surface area contributed by atoms with E-state index in [-0.39, 0.29) is 11.9 Å². The fourth-order valence-corrected chi connectivity index (χ4v) is 3.02. The fourth-order valence-electron chi connectivity index (χ4n) is 3.02. The third-order valence-electron chi connectivity index (χ3n) is 4.25. The predicted molar refractivity (Wildman–Crippen MR) is 89.1 cm³/mol. The zero-order chi connectivity index (χ0) is 16.2. The Morgan fingerprint density at radius 3 is 2.78 bits per heavy atom. The van der Waals surface area contributed by atoms with Crippen LogP contribution in [0.3, 0.4) is 0 Å². The number of piperidine rings is 1. The van der Waals surface area contributed by atoms with Crippen molar-refractivity contribution < 1.29 is 9.53 Å². The van der Waals surface area contributed by atoms with Crippen LogP contribution in [0.4, 0.5) is 0 Å². The minimum atomic E-state index is -0.00664. The number of amides is 1. The molecule has 0 bridgehead atoms. The molecule has 5 heteroatoms. The average molecular weight is 313 g/mol. The van der Waals surface area contributed by atoms with Gasteiger partial charge in [0.2, 0.25) is 5.88 Å². The molecule has 2 heterocycles. The molecule has 0 unspecified atom stereocenters. The Balaban J connectivity index is 1.92. The molecule has 1 aromatic heterocycles. The molecule has 1 aliphatic heterocycles. The lowest BCUT2D eigenvalue weighted by Crippen LogP contribution is -2.42. The summed E-state index contributed by atoms with van der Waals surface area (Å²) < 4.78 is 7.37. The normalized spacial score (nSPS) is 18.0. The summed E-state index contributed by atoms with van der Waals surface area (Å²) in [6, 6.07) is 11.8. The number of rotatable bonds is 4. The van der Waals surface area contributed by atoms with Crippen molar-refractivity contribution in [1.82, 2.24) is 14.7 Å². The van der Waals surface area contributed by atoms with E-state index in [9.17, 15) is 4.79 Å². The minimum Gasteiger partial charge on any atom is -0.478 e. The second kappa shape index (κ2) is 6.86. The van der Waals surface area contributed by atoms with Crippen molar-refractivity contribution in [3.05, 3.63) is 42.1 Å². The third kappa shape index (κ3) is 3.23. The summed E-state index contributed by atoms with van der Waals surface area (Å²) in [5.41, 5.74) is 1.34. The molecule has 2 aromatic rings. The highest BCUT2D eigenvalue weighted by Crippen LogP contribution is 2.23. The SMILES string of the molecule is CCOc1cc(C(=O)N2CCCC[C@@H]2C)nn1-c1ccccc1. The second-order valence-corrected chi connectivity index (χ2v) is 5.89. The number of carbonyl (C=O) groups is 1. The number of hydrogen-bond acceptors (Lipinski definition) is 3. The van der Waals surface area contributed by atoms with Crippen LogP contribution in [-0.4, -0.2) is 39.8 Å². The highest BCUT2D eigenvalue weighted by Gasteiger charge is 2.27. The molecule has 1 aromatic carbocycles. The van der Waals surface area contributed by atoms with Gasteiger partial charge in [0, 0.05) is 18.7 Å². The van der Waals surface area contributed by atoms with Gasteiger partial charge < -0.3 is 9.64 Å². The quantitative estimate of drug-likeness (QED) is 0.870. The first-order chi connectivity index (χ1) is 11.2. The molecule has 122 valence electrons. The number of likely N-dealkylation sites (tertiary alicyclic amines) is 1. The van der Waals surface area contributed by atoms with Crippen molar-refractivity contribution in [3.63, 3.8) is 0 Å². The van der Waals surface area contributed by atoms with Crippen molar-refractivity contribution in [2.45, 2.75) is 39.2 Å². The molecular weight excluding hydrogens is 290 g/mol. The van der Waals surface area contributed by atoms with Crippen LogP contribution >= 0.6 is 0 Å². The molecule has 0 saturated carbocycles. The maximum absolute atomic E-state index is 12.8. The molecule has 1 saturated heterocycles. The number of para-hydroxylation sites is 1. The zero-order valence-electron chi connectivity index (χ0n) is 13.7. The third-order valence-corrected chi connectivity index (χ3v) is 4.25. The molecule has 3 rings (SSSR count). The summed E-state index contributed by atoms with van der Waals surface area (Å²) in [6.45, 7) is 5.37. The predicted octanol–water partition coefficient (Wildman–Crippen LogP) is 3.29. The van der Waals surface area contributed by atoms with Gasteiger partial charge in [-0.25, -0.2) is 4.68 Å². The van der Waals surface area contributed by atoms with Crippen LogP contribution in [0.1, 0.15) is 43.6 Å². The first kappa shape index (κ1) is 15.6. The molecule has 0 N–H and O–H groups in total. The standard InChI is InChI=1S/C18H23N3O2/c1-3-23-17-13-16(18(22)20-12-8-7-9-14(20)2)19-21(17)15-10-5-4-6-11-15/h4-6,10-11,13-14H,3,7-9,12H2,1-2H3/t14-/m0/s1. The summed E-state index contributed by atoms with van der Waals surface area (Å²) >= 11 is 0. The van der Waals surface area contributed by atoms with Gasteiger partial charge in [-0.05, 0) is 45.2 Å². The molecule has 0 spiro atoms. The molecule has 1 atom stereocenters. The molecule has 1 aliphatic rings. The van der Waals surface area contributed by atoms with E-state index in [0.717, 1.165) is 25.1 Å². The van der Waals surface area contributed by atoms with Crippen LogP contribution < -0.4 is 4.74 Å². The maximum Gasteiger partial charge on any atom is 0.274 e. The number of carbonyl (C=O) groups excluding carboxylic acids is 1. The second-order valence-electron chi connectivity index (χ2n) is 5.89. The number of ether oxygens (including phenoxy) is 1. The van der Waals surface area contributed by atoms with Gasteiger partial charge in [-0.2, -0.15) is 5.10 Å². The molecule has 23 heavy (non-hydrogen) atoms. The Morgan fingerprint density at radius 1 is 1.30 bits per heavy atom. The van der Waals surface area contributed by atoms with Gasteiger partial charge in [-0.1, -0.05) is 18.2 Å². The van der Waals surface area contributed by atoms with Crippen LogP contribution in [0.25, 0.3) is 5.69 Å². The van der Waals surface area contributed by atoms with Crippen LogP contribution in [0.2, 0.25) is 0 Å². The summed E-state index contributed by atoms with van der Waals surface area (Å²) in [7, 11) is 0.